The van der Waals surface area contributed by atoms with Crippen LogP contribution in [-0.4, -0.2) is 5.78 Å². The van der Waals surface area contributed by atoms with E-state index in [-0.39, 0.29) is 11.6 Å². The van der Waals surface area contributed by atoms with Crippen molar-refractivity contribution in [1.29, 1.82) is 0 Å². The van der Waals surface area contributed by atoms with Gasteiger partial charge in [-0.05, 0) is 31.2 Å². The van der Waals surface area contributed by atoms with Gasteiger partial charge in [0.2, 0.25) is 0 Å². The number of Topliss-reactive ketones (excluding diaryl/α,β-unsaturated/α-hetero) is 1. The lowest BCUT2D eigenvalue weighted by atomic mass is 10.2. The number of rotatable bonds is 3. The molecule has 0 atom stereocenters. The SMILES string of the molecule is CC(=O)c1ccc(Sc2ccccc2F)cc1. The number of hydrogen-bond donors (Lipinski definition) is 0. The number of halogens is 1. The normalized spacial score (nSPS) is 10.2. The summed E-state index contributed by atoms with van der Waals surface area (Å²) in [6.07, 6.45) is 0. The first-order valence-electron chi connectivity index (χ1n) is 5.20. The van der Waals surface area contributed by atoms with E-state index in [9.17, 15) is 9.18 Å². The van der Waals surface area contributed by atoms with E-state index < -0.39 is 0 Å². The van der Waals surface area contributed by atoms with E-state index in [1.165, 1.54) is 24.8 Å². The number of hydrogen-bond acceptors (Lipinski definition) is 2. The Bertz CT molecular complexity index is 534. The Morgan fingerprint density at radius 3 is 2.29 bits per heavy atom. The fourth-order valence-electron chi connectivity index (χ4n) is 1.41. The number of carbonyl (C=O) groups is 1. The molecule has 0 spiro atoms. The molecule has 1 nitrogen and oxygen atoms in total. The zero-order chi connectivity index (χ0) is 12.3. The van der Waals surface area contributed by atoms with Crippen molar-refractivity contribution >= 4 is 17.5 Å². The molecule has 2 aromatic carbocycles. The van der Waals surface area contributed by atoms with E-state index in [2.05, 4.69) is 0 Å². The number of carbonyl (C=O) groups excluding carboxylic acids is 1. The van der Waals surface area contributed by atoms with Crippen LogP contribution in [0.3, 0.4) is 0 Å². The molecule has 0 saturated carbocycles. The van der Waals surface area contributed by atoms with E-state index in [1.54, 1.807) is 30.3 Å². The van der Waals surface area contributed by atoms with Crippen molar-refractivity contribution in [1.82, 2.24) is 0 Å². The van der Waals surface area contributed by atoms with Crippen LogP contribution in [0, 0.1) is 5.82 Å². The monoisotopic (exact) mass is 246 g/mol. The third kappa shape index (κ3) is 2.94. The average Bonchev–Trinajstić information content (AvgIpc) is 2.33. The Balaban J connectivity index is 2.20. The fraction of sp³-hybridized carbons (Fsp3) is 0.0714. The van der Waals surface area contributed by atoms with Crippen molar-refractivity contribution in [3.05, 3.63) is 59.9 Å². The van der Waals surface area contributed by atoms with Crippen LogP contribution < -0.4 is 0 Å². The van der Waals surface area contributed by atoms with Crippen LogP contribution in [0.4, 0.5) is 4.39 Å². The van der Waals surface area contributed by atoms with Crippen molar-refractivity contribution in [2.24, 2.45) is 0 Å². The van der Waals surface area contributed by atoms with E-state index in [4.69, 9.17) is 0 Å². The second-order valence-corrected chi connectivity index (χ2v) is 4.73. The van der Waals surface area contributed by atoms with Gasteiger partial charge in [0.1, 0.15) is 5.82 Å². The lowest BCUT2D eigenvalue weighted by Gasteiger charge is -2.03. The maximum absolute atomic E-state index is 13.4. The van der Waals surface area contributed by atoms with Crippen LogP contribution in [0.1, 0.15) is 17.3 Å². The van der Waals surface area contributed by atoms with Gasteiger partial charge in [0.15, 0.2) is 5.78 Å². The number of benzene rings is 2. The van der Waals surface area contributed by atoms with E-state index in [0.717, 1.165) is 4.90 Å². The first kappa shape index (κ1) is 11.9. The lowest BCUT2D eigenvalue weighted by molar-refractivity contribution is 0.101. The molecule has 2 aromatic rings. The molecule has 0 aliphatic rings. The summed E-state index contributed by atoms with van der Waals surface area (Å²) in [4.78, 5) is 12.6. The molecule has 0 unspecified atom stereocenters. The molecule has 0 N–H and O–H groups in total. The molecule has 3 heteroatoms. The summed E-state index contributed by atoms with van der Waals surface area (Å²) in [7, 11) is 0. The molecule has 2 rings (SSSR count). The highest BCUT2D eigenvalue weighted by molar-refractivity contribution is 7.99. The molecule has 0 radical (unpaired) electrons. The minimum absolute atomic E-state index is 0.0347. The molecule has 0 aromatic heterocycles. The maximum atomic E-state index is 13.4. The van der Waals surface area contributed by atoms with Gasteiger partial charge in [-0.15, -0.1) is 0 Å². The summed E-state index contributed by atoms with van der Waals surface area (Å²) in [6.45, 7) is 1.53. The molecule has 0 aliphatic heterocycles. The third-order valence-electron chi connectivity index (χ3n) is 2.33. The van der Waals surface area contributed by atoms with Crippen molar-refractivity contribution in [3.63, 3.8) is 0 Å². The van der Waals surface area contributed by atoms with Gasteiger partial charge < -0.3 is 0 Å². The van der Waals surface area contributed by atoms with Crippen LogP contribution in [0.5, 0.6) is 0 Å². The van der Waals surface area contributed by atoms with Gasteiger partial charge in [0.25, 0.3) is 0 Å². The summed E-state index contributed by atoms with van der Waals surface area (Å²) < 4.78 is 13.4. The van der Waals surface area contributed by atoms with Crippen molar-refractivity contribution in [3.8, 4) is 0 Å². The van der Waals surface area contributed by atoms with Crippen molar-refractivity contribution in [2.75, 3.05) is 0 Å². The highest BCUT2D eigenvalue weighted by Gasteiger charge is 2.04. The van der Waals surface area contributed by atoms with Crippen LogP contribution in [0.25, 0.3) is 0 Å². The Labute approximate surface area is 104 Å². The molecule has 0 bridgehead atoms. The van der Waals surface area contributed by atoms with Crippen molar-refractivity contribution < 1.29 is 9.18 Å². The Morgan fingerprint density at radius 1 is 1.06 bits per heavy atom. The molecular formula is C14H11FOS. The van der Waals surface area contributed by atoms with Gasteiger partial charge in [0, 0.05) is 15.4 Å². The molecule has 0 saturated heterocycles. The van der Waals surface area contributed by atoms with Crippen LogP contribution in [0.15, 0.2) is 58.3 Å². The smallest absolute Gasteiger partial charge is 0.159 e. The average molecular weight is 246 g/mol. The molecule has 86 valence electrons. The fourth-order valence-corrected chi connectivity index (χ4v) is 2.25. The summed E-state index contributed by atoms with van der Waals surface area (Å²) in [5.74, 6) is -0.194. The summed E-state index contributed by atoms with van der Waals surface area (Å²) in [5.41, 5.74) is 0.669. The quantitative estimate of drug-likeness (QED) is 0.756. The summed E-state index contributed by atoms with van der Waals surface area (Å²) >= 11 is 1.35. The predicted octanol–water partition coefficient (Wildman–Crippen LogP) is 4.18. The van der Waals surface area contributed by atoms with Gasteiger partial charge in [-0.1, -0.05) is 36.0 Å². The second kappa shape index (κ2) is 5.15. The Hall–Kier alpha value is -1.61. The van der Waals surface area contributed by atoms with Gasteiger partial charge in [-0.2, -0.15) is 0 Å². The van der Waals surface area contributed by atoms with Crippen LogP contribution in [0.2, 0.25) is 0 Å². The van der Waals surface area contributed by atoms with E-state index >= 15 is 0 Å². The molecule has 0 heterocycles. The largest absolute Gasteiger partial charge is 0.295 e. The van der Waals surface area contributed by atoms with E-state index in [0.29, 0.717) is 10.5 Å². The lowest BCUT2D eigenvalue weighted by Crippen LogP contribution is -1.90. The van der Waals surface area contributed by atoms with Gasteiger partial charge in [-0.25, -0.2) is 4.39 Å². The molecule has 0 aliphatic carbocycles. The maximum Gasteiger partial charge on any atom is 0.159 e. The highest BCUT2D eigenvalue weighted by atomic mass is 32.2. The third-order valence-corrected chi connectivity index (χ3v) is 3.38. The van der Waals surface area contributed by atoms with E-state index in [1.807, 2.05) is 12.1 Å². The molecule has 0 fully saturated rings. The molecule has 0 amide bonds. The van der Waals surface area contributed by atoms with Gasteiger partial charge >= 0.3 is 0 Å². The highest BCUT2D eigenvalue weighted by Crippen LogP contribution is 2.29. The summed E-state index contributed by atoms with van der Waals surface area (Å²) in [6, 6.07) is 13.8. The Morgan fingerprint density at radius 2 is 1.71 bits per heavy atom. The topological polar surface area (TPSA) is 17.1 Å². The number of ketones is 1. The van der Waals surface area contributed by atoms with Crippen LogP contribution in [-0.2, 0) is 0 Å². The van der Waals surface area contributed by atoms with Gasteiger partial charge in [0.05, 0.1) is 0 Å². The molecular weight excluding hydrogens is 235 g/mol. The minimum atomic E-state index is -0.229. The first-order chi connectivity index (χ1) is 8.16. The molecule has 17 heavy (non-hydrogen) atoms. The minimum Gasteiger partial charge on any atom is -0.295 e. The van der Waals surface area contributed by atoms with Crippen LogP contribution >= 0.6 is 11.8 Å². The van der Waals surface area contributed by atoms with Gasteiger partial charge in [-0.3, -0.25) is 4.79 Å². The zero-order valence-corrected chi connectivity index (χ0v) is 10.1. The first-order valence-corrected chi connectivity index (χ1v) is 6.02. The second-order valence-electron chi connectivity index (χ2n) is 3.61. The predicted molar refractivity (Wildman–Crippen MR) is 67.0 cm³/mol. The standard InChI is InChI=1S/C14H11FOS/c1-10(16)11-6-8-12(9-7-11)17-14-5-3-2-4-13(14)15/h2-9H,1H3. The van der Waals surface area contributed by atoms with Crippen molar-refractivity contribution in [2.45, 2.75) is 16.7 Å². The summed E-state index contributed by atoms with van der Waals surface area (Å²) in [5, 5.41) is 0. The Kier molecular flexibility index (Phi) is 3.59. The zero-order valence-electron chi connectivity index (χ0n) is 9.31.